The van der Waals surface area contributed by atoms with Crippen molar-refractivity contribution in [2.45, 2.75) is 6.92 Å². The Morgan fingerprint density at radius 3 is 3.13 bits per heavy atom. The summed E-state index contributed by atoms with van der Waals surface area (Å²) in [5.74, 6) is 0.694. The van der Waals surface area contributed by atoms with Gasteiger partial charge in [-0.25, -0.2) is 0 Å². The van der Waals surface area contributed by atoms with Crippen LogP contribution in [0, 0.1) is 6.92 Å². The standard InChI is InChI=1S/C12H13NO2/c1-3-12(14)13-6-7-15-11-8-9(2)4-5-10(11)13/h3-5,8H,1,6-7H2,2H3. The maximum atomic E-state index is 11.6. The van der Waals surface area contributed by atoms with E-state index in [0.717, 1.165) is 17.0 Å². The van der Waals surface area contributed by atoms with Crippen molar-refractivity contribution >= 4 is 11.6 Å². The van der Waals surface area contributed by atoms with Crippen LogP contribution in [0.4, 0.5) is 5.69 Å². The molecule has 0 radical (unpaired) electrons. The van der Waals surface area contributed by atoms with Crippen molar-refractivity contribution in [3.05, 3.63) is 36.4 Å². The summed E-state index contributed by atoms with van der Waals surface area (Å²) >= 11 is 0. The molecule has 0 aliphatic carbocycles. The van der Waals surface area contributed by atoms with Crippen molar-refractivity contribution in [3.63, 3.8) is 0 Å². The molecule has 2 rings (SSSR count). The van der Waals surface area contributed by atoms with Crippen LogP contribution in [-0.4, -0.2) is 19.1 Å². The van der Waals surface area contributed by atoms with Crippen molar-refractivity contribution in [1.29, 1.82) is 0 Å². The van der Waals surface area contributed by atoms with Gasteiger partial charge in [0, 0.05) is 0 Å². The molecule has 0 spiro atoms. The van der Waals surface area contributed by atoms with Crippen LogP contribution in [0.3, 0.4) is 0 Å². The number of amides is 1. The number of anilines is 1. The van der Waals surface area contributed by atoms with Gasteiger partial charge in [-0.05, 0) is 30.7 Å². The Hall–Kier alpha value is -1.77. The number of rotatable bonds is 1. The lowest BCUT2D eigenvalue weighted by Crippen LogP contribution is -2.36. The molecule has 0 atom stereocenters. The lowest BCUT2D eigenvalue weighted by molar-refractivity contribution is -0.114. The molecular formula is C12H13NO2. The van der Waals surface area contributed by atoms with E-state index >= 15 is 0 Å². The summed E-state index contributed by atoms with van der Waals surface area (Å²) in [7, 11) is 0. The zero-order valence-electron chi connectivity index (χ0n) is 8.69. The van der Waals surface area contributed by atoms with E-state index in [2.05, 4.69) is 6.58 Å². The molecule has 1 aromatic carbocycles. The smallest absolute Gasteiger partial charge is 0.250 e. The number of hydrogen-bond donors (Lipinski definition) is 0. The molecule has 1 aliphatic heterocycles. The first-order valence-corrected chi connectivity index (χ1v) is 4.90. The summed E-state index contributed by atoms with van der Waals surface area (Å²) in [6.07, 6.45) is 1.33. The second-order valence-corrected chi connectivity index (χ2v) is 3.51. The maximum Gasteiger partial charge on any atom is 0.250 e. The normalized spacial score (nSPS) is 14.1. The van der Waals surface area contributed by atoms with Crippen LogP contribution >= 0.6 is 0 Å². The number of aryl methyl sites for hydroxylation is 1. The number of fused-ring (bicyclic) bond motifs is 1. The van der Waals surface area contributed by atoms with Crippen LogP contribution in [0.25, 0.3) is 0 Å². The molecule has 0 saturated heterocycles. The minimum atomic E-state index is -0.0802. The molecular weight excluding hydrogens is 190 g/mol. The number of benzene rings is 1. The van der Waals surface area contributed by atoms with E-state index in [1.165, 1.54) is 6.08 Å². The highest BCUT2D eigenvalue weighted by Gasteiger charge is 2.21. The molecule has 1 aliphatic rings. The molecule has 0 fully saturated rings. The van der Waals surface area contributed by atoms with Crippen LogP contribution in [-0.2, 0) is 4.79 Å². The minimum Gasteiger partial charge on any atom is -0.490 e. The van der Waals surface area contributed by atoms with E-state index in [1.807, 2.05) is 25.1 Å². The van der Waals surface area contributed by atoms with Crippen molar-refractivity contribution in [1.82, 2.24) is 0 Å². The summed E-state index contributed by atoms with van der Waals surface area (Å²) < 4.78 is 5.50. The van der Waals surface area contributed by atoms with Gasteiger partial charge in [-0.3, -0.25) is 4.79 Å². The van der Waals surface area contributed by atoms with Gasteiger partial charge in [0.25, 0.3) is 5.91 Å². The lowest BCUT2D eigenvalue weighted by atomic mass is 10.1. The van der Waals surface area contributed by atoms with Crippen molar-refractivity contribution in [3.8, 4) is 5.75 Å². The number of hydrogen-bond acceptors (Lipinski definition) is 2. The maximum absolute atomic E-state index is 11.6. The summed E-state index contributed by atoms with van der Waals surface area (Å²) in [6, 6.07) is 5.82. The fourth-order valence-corrected chi connectivity index (χ4v) is 1.67. The van der Waals surface area contributed by atoms with Gasteiger partial charge in [0.05, 0.1) is 12.2 Å². The van der Waals surface area contributed by atoms with Crippen molar-refractivity contribution in [2.75, 3.05) is 18.1 Å². The Balaban J connectivity index is 2.42. The van der Waals surface area contributed by atoms with Crippen LogP contribution < -0.4 is 9.64 Å². The summed E-state index contributed by atoms with van der Waals surface area (Å²) in [6.45, 7) is 6.61. The van der Waals surface area contributed by atoms with Gasteiger partial charge < -0.3 is 9.64 Å². The predicted molar refractivity (Wildman–Crippen MR) is 59.2 cm³/mol. The van der Waals surface area contributed by atoms with Gasteiger partial charge in [-0.15, -0.1) is 0 Å². The first-order chi connectivity index (χ1) is 7.22. The first kappa shape index (κ1) is 9.77. The van der Waals surface area contributed by atoms with E-state index in [4.69, 9.17) is 4.74 Å². The number of ether oxygens (including phenoxy) is 1. The third-order valence-corrected chi connectivity index (χ3v) is 2.42. The van der Waals surface area contributed by atoms with Gasteiger partial charge in [0.1, 0.15) is 12.4 Å². The topological polar surface area (TPSA) is 29.5 Å². The Bertz CT molecular complexity index is 412. The molecule has 78 valence electrons. The van der Waals surface area contributed by atoms with Crippen molar-refractivity contribution in [2.24, 2.45) is 0 Å². The molecule has 0 aromatic heterocycles. The fraction of sp³-hybridized carbons (Fsp3) is 0.250. The average Bonchev–Trinajstić information content (AvgIpc) is 2.26. The van der Waals surface area contributed by atoms with E-state index in [9.17, 15) is 4.79 Å². The van der Waals surface area contributed by atoms with Gasteiger partial charge in [-0.1, -0.05) is 12.6 Å². The number of nitrogens with zero attached hydrogens (tertiary/aromatic N) is 1. The Morgan fingerprint density at radius 2 is 2.40 bits per heavy atom. The quantitative estimate of drug-likeness (QED) is 0.652. The van der Waals surface area contributed by atoms with E-state index in [1.54, 1.807) is 4.90 Å². The van der Waals surface area contributed by atoms with E-state index in [-0.39, 0.29) is 5.91 Å². The largest absolute Gasteiger partial charge is 0.490 e. The lowest BCUT2D eigenvalue weighted by Gasteiger charge is -2.28. The van der Waals surface area contributed by atoms with Gasteiger partial charge >= 0.3 is 0 Å². The van der Waals surface area contributed by atoms with Crippen LogP contribution in [0.5, 0.6) is 5.75 Å². The minimum absolute atomic E-state index is 0.0802. The summed E-state index contributed by atoms with van der Waals surface area (Å²) in [4.78, 5) is 13.3. The SMILES string of the molecule is C=CC(=O)N1CCOc2cc(C)ccc21. The molecule has 1 heterocycles. The highest BCUT2D eigenvalue weighted by atomic mass is 16.5. The molecule has 1 amide bonds. The average molecular weight is 203 g/mol. The predicted octanol–water partition coefficient (Wildman–Crippen LogP) is 1.91. The highest BCUT2D eigenvalue weighted by Crippen LogP contribution is 2.32. The molecule has 0 saturated carbocycles. The molecule has 3 nitrogen and oxygen atoms in total. The third kappa shape index (κ3) is 1.73. The fourth-order valence-electron chi connectivity index (χ4n) is 1.67. The van der Waals surface area contributed by atoms with Crippen LogP contribution in [0.15, 0.2) is 30.9 Å². The summed E-state index contributed by atoms with van der Waals surface area (Å²) in [5.41, 5.74) is 1.96. The molecule has 0 N–H and O–H groups in total. The second-order valence-electron chi connectivity index (χ2n) is 3.51. The zero-order valence-corrected chi connectivity index (χ0v) is 8.69. The van der Waals surface area contributed by atoms with Crippen molar-refractivity contribution < 1.29 is 9.53 Å². The molecule has 1 aromatic rings. The molecule has 3 heteroatoms. The Kier molecular flexibility index (Phi) is 2.46. The number of carbonyl (C=O) groups is 1. The summed E-state index contributed by atoms with van der Waals surface area (Å²) in [5, 5.41) is 0. The third-order valence-electron chi connectivity index (χ3n) is 2.42. The monoisotopic (exact) mass is 203 g/mol. The molecule has 0 bridgehead atoms. The van der Waals surface area contributed by atoms with Crippen LogP contribution in [0.2, 0.25) is 0 Å². The number of carbonyl (C=O) groups excluding carboxylic acids is 1. The Morgan fingerprint density at radius 1 is 1.60 bits per heavy atom. The highest BCUT2D eigenvalue weighted by molar-refractivity contribution is 6.02. The second kappa shape index (κ2) is 3.77. The van der Waals surface area contributed by atoms with Gasteiger partial charge in [0.2, 0.25) is 0 Å². The Labute approximate surface area is 89.0 Å². The van der Waals surface area contributed by atoms with Gasteiger partial charge in [-0.2, -0.15) is 0 Å². The van der Waals surface area contributed by atoms with Crippen LogP contribution in [0.1, 0.15) is 5.56 Å². The van der Waals surface area contributed by atoms with E-state index < -0.39 is 0 Å². The first-order valence-electron chi connectivity index (χ1n) is 4.90. The van der Waals surface area contributed by atoms with Gasteiger partial charge in [0.15, 0.2) is 0 Å². The van der Waals surface area contributed by atoms with E-state index in [0.29, 0.717) is 13.2 Å². The zero-order chi connectivity index (χ0) is 10.8. The molecule has 15 heavy (non-hydrogen) atoms. The molecule has 0 unspecified atom stereocenters.